The third-order valence-corrected chi connectivity index (χ3v) is 4.49. The van der Waals surface area contributed by atoms with Gasteiger partial charge in [-0.2, -0.15) is 0 Å². The molecule has 0 amide bonds. The van der Waals surface area contributed by atoms with E-state index in [0.29, 0.717) is 24.1 Å². The Hall–Kier alpha value is -0.120. The van der Waals surface area contributed by atoms with E-state index in [1.807, 2.05) is 0 Å². The van der Waals surface area contributed by atoms with Gasteiger partial charge in [0.15, 0.2) is 0 Å². The molecule has 1 saturated heterocycles. The summed E-state index contributed by atoms with van der Waals surface area (Å²) in [6, 6.07) is 1.04. The van der Waals surface area contributed by atoms with Crippen molar-refractivity contribution in [2.45, 2.75) is 64.1 Å². The summed E-state index contributed by atoms with van der Waals surface area (Å²) in [4.78, 5) is 2.63. The van der Waals surface area contributed by atoms with Gasteiger partial charge in [-0.25, -0.2) is 0 Å². The van der Waals surface area contributed by atoms with Crippen molar-refractivity contribution in [2.24, 2.45) is 11.7 Å². The van der Waals surface area contributed by atoms with E-state index in [-0.39, 0.29) is 0 Å². The van der Waals surface area contributed by atoms with E-state index >= 15 is 0 Å². The molecule has 17 heavy (non-hydrogen) atoms. The van der Waals surface area contributed by atoms with Crippen molar-refractivity contribution in [1.29, 1.82) is 0 Å². The summed E-state index contributed by atoms with van der Waals surface area (Å²) < 4.78 is 5.75. The van der Waals surface area contributed by atoms with E-state index in [4.69, 9.17) is 10.5 Å². The Balaban J connectivity index is 1.90. The molecule has 2 fully saturated rings. The fourth-order valence-corrected chi connectivity index (χ4v) is 3.28. The van der Waals surface area contributed by atoms with Crippen LogP contribution >= 0.6 is 0 Å². The maximum Gasteiger partial charge on any atom is 0.0674 e. The normalized spacial score (nSPS) is 40.4. The highest BCUT2D eigenvalue weighted by Gasteiger charge is 2.30. The molecule has 1 aliphatic carbocycles. The molecule has 1 saturated carbocycles. The standard InChI is InChI=1S/C14H28N2O/c1-3-13-10-17-11(2)8-16(13)9-12-6-4-5-7-14(12)15/h11-14H,3-10,15H2,1-2H3. The van der Waals surface area contributed by atoms with Gasteiger partial charge in [-0.1, -0.05) is 19.8 Å². The number of rotatable bonds is 3. The average molecular weight is 240 g/mol. The van der Waals surface area contributed by atoms with Crippen molar-refractivity contribution < 1.29 is 4.74 Å². The van der Waals surface area contributed by atoms with Crippen molar-refractivity contribution in [3.8, 4) is 0 Å². The van der Waals surface area contributed by atoms with Crippen molar-refractivity contribution in [3.05, 3.63) is 0 Å². The van der Waals surface area contributed by atoms with Gasteiger partial charge in [0.05, 0.1) is 12.7 Å². The zero-order chi connectivity index (χ0) is 12.3. The van der Waals surface area contributed by atoms with Crippen LogP contribution in [0.15, 0.2) is 0 Å². The van der Waals surface area contributed by atoms with E-state index < -0.39 is 0 Å². The van der Waals surface area contributed by atoms with Crippen LogP contribution in [0.1, 0.15) is 46.0 Å². The molecular weight excluding hydrogens is 212 g/mol. The third-order valence-electron chi connectivity index (χ3n) is 4.49. The number of ether oxygens (including phenoxy) is 1. The summed E-state index contributed by atoms with van der Waals surface area (Å²) >= 11 is 0. The van der Waals surface area contributed by atoms with Gasteiger partial charge in [0, 0.05) is 25.2 Å². The molecule has 0 bridgehead atoms. The molecule has 0 aromatic rings. The van der Waals surface area contributed by atoms with Crippen molar-refractivity contribution in [1.82, 2.24) is 4.90 Å². The summed E-state index contributed by atoms with van der Waals surface area (Å²) in [6.45, 7) is 7.62. The Morgan fingerprint density at radius 1 is 1.29 bits per heavy atom. The lowest BCUT2D eigenvalue weighted by atomic mass is 9.84. The Labute approximate surface area is 106 Å². The molecule has 0 spiro atoms. The van der Waals surface area contributed by atoms with Crippen LogP contribution in [0.3, 0.4) is 0 Å². The highest BCUT2D eigenvalue weighted by Crippen LogP contribution is 2.26. The minimum absolute atomic E-state index is 0.387. The molecule has 2 N–H and O–H groups in total. The molecule has 1 heterocycles. The van der Waals surface area contributed by atoms with Gasteiger partial charge in [-0.05, 0) is 32.1 Å². The highest BCUT2D eigenvalue weighted by atomic mass is 16.5. The summed E-state index contributed by atoms with van der Waals surface area (Å²) in [5.41, 5.74) is 6.26. The summed E-state index contributed by atoms with van der Waals surface area (Å²) in [5.74, 6) is 0.711. The molecule has 4 unspecified atom stereocenters. The monoisotopic (exact) mass is 240 g/mol. The fourth-order valence-electron chi connectivity index (χ4n) is 3.28. The molecule has 3 nitrogen and oxygen atoms in total. The van der Waals surface area contributed by atoms with Crippen LogP contribution in [0.2, 0.25) is 0 Å². The molecule has 2 rings (SSSR count). The van der Waals surface area contributed by atoms with Crippen LogP contribution in [0.25, 0.3) is 0 Å². The zero-order valence-electron chi connectivity index (χ0n) is 11.4. The zero-order valence-corrected chi connectivity index (χ0v) is 11.4. The Morgan fingerprint density at radius 2 is 2.06 bits per heavy atom. The van der Waals surface area contributed by atoms with E-state index in [1.54, 1.807) is 0 Å². The fraction of sp³-hybridized carbons (Fsp3) is 1.00. The lowest BCUT2D eigenvalue weighted by Crippen LogP contribution is -2.52. The van der Waals surface area contributed by atoms with E-state index in [0.717, 1.165) is 13.2 Å². The lowest BCUT2D eigenvalue weighted by molar-refractivity contribution is -0.0629. The quantitative estimate of drug-likeness (QED) is 0.820. The maximum atomic E-state index is 6.26. The first-order valence-electron chi connectivity index (χ1n) is 7.32. The molecule has 0 radical (unpaired) electrons. The van der Waals surface area contributed by atoms with Crippen LogP contribution in [0.5, 0.6) is 0 Å². The second kappa shape index (κ2) is 6.17. The van der Waals surface area contributed by atoms with E-state index in [9.17, 15) is 0 Å². The molecule has 0 aromatic heterocycles. The number of hydrogen-bond acceptors (Lipinski definition) is 3. The van der Waals surface area contributed by atoms with Crippen molar-refractivity contribution in [3.63, 3.8) is 0 Å². The minimum Gasteiger partial charge on any atom is -0.376 e. The first-order chi connectivity index (χ1) is 8.20. The van der Waals surface area contributed by atoms with Gasteiger partial charge < -0.3 is 10.5 Å². The number of morpholine rings is 1. The topological polar surface area (TPSA) is 38.5 Å². The average Bonchev–Trinajstić information content (AvgIpc) is 2.32. The highest BCUT2D eigenvalue weighted by molar-refractivity contribution is 4.85. The first-order valence-corrected chi connectivity index (χ1v) is 7.32. The molecular formula is C14H28N2O. The van der Waals surface area contributed by atoms with Crippen LogP contribution in [0.4, 0.5) is 0 Å². The molecule has 4 atom stereocenters. The molecule has 100 valence electrons. The molecule has 2 aliphatic rings. The van der Waals surface area contributed by atoms with Gasteiger partial charge in [-0.15, -0.1) is 0 Å². The molecule has 1 aliphatic heterocycles. The Bertz CT molecular complexity index is 234. The number of nitrogens with two attached hydrogens (primary N) is 1. The third kappa shape index (κ3) is 3.43. The SMILES string of the molecule is CCC1COC(C)CN1CC1CCCCC1N. The van der Waals surface area contributed by atoms with Gasteiger partial charge >= 0.3 is 0 Å². The Morgan fingerprint density at radius 3 is 2.76 bits per heavy atom. The van der Waals surface area contributed by atoms with Gasteiger partial charge in [0.25, 0.3) is 0 Å². The second-order valence-corrected chi connectivity index (χ2v) is 5.87. The summed E-state index contributed by atoms with van der Waals surface area (Å²) in [7, 11) is 0. The number of nitrogens with zero attached hydrogens (tertiary/aromatic N) is 1. The van der Waals surface area contributed by atoms with Gasteiger partial charge in [0.1, 0.15) is 0 Å². The number of hydrogen-bond donors (Lipinski definition) is 1. The van der Waals surface area contributed by atoms with E-state index in [2.05, 4.69) is 18.7 Å². The predicted octanol–water partition coefficient (Wildman–Crippen LogP) is 2.00. The molecule has 3 heteroatoms. The minimum atomic E-state index is 0.387. The van der Waals surface area contributed by atoms with Gasteiger partial charge in [0.2, 0.25) is 0 Å². The summed E-state index contributed by atoms with van der Waals surface area (Å²) in [5, 5.41) is 0. The lowest BCUT2D eigenvalue weighted by Gasteiger charge is -2.42. The second-order valence-electron chi connectivity index (χ2n) is 5.87. The predicted molar refractivity (Wildman–Crippen MR) is 71.0 cm³/mol. The van der Waals surface area contributed by atoms with Crippen molar-refractivity contribution in [2.75, 3.05) is 19.7 Å². The van der Waals surface area contributed by atoms with Crippen molar-refractivity contribution >= 4 is 0 Å². The first kappa shape index (κ1) is 13.3. The van der Waals surface area contributed by atoms with Crippen LogP contribution in [-0.2, 0) is 4.74 Å². The van der Waals surface area contributed by atoms with Crippen LogP contribution < -0.4 is 5.73 Å². The Kier molecular flexibility index (Phi) is 4.83. The maximum absolute atomic E-state index is 6.26. The van der Waals surface area contributed by atoms with E-state index in [1.165, 1.54) is 38.6 Å². The van der Waals surface area contributed by atoms with Crippen LogP contribution in [0, 0.1) is 5.92 Å². The van der Waals surface area contributed by atoms with Crippen LogP contribution in [-0.4, -0.2) is 42.8 Å². The largest absolute Gasteiger partial charge is 0.376 e. The van der Waals surface area contributed by atoms with Gasteiger partial charge in [-0.3, -0.25) is 4.90 Å². The molecule has 0 aromatic carbocycles. The smallest absolute Gasteiger partial charge is 0.0674 e. The summed E-state index contributed by atoms with van der Waals surface area (Å²) in [6.07, 6.45) is 6.82.